The summed E-state index contributed by atoms with van der Waals surface area (Å²) in [6, 6.07) is 6.06. The molecule has 20 heavy (non-hydrogen) atoms. The first-order valence-corrected chi connectivity index (χ1v) is 8.00. The van der Waals surface area contributed by atoms with Crippen LogP contribution in [0.3, 0.4) is 0 Å². The lowest BCUT2D eigenvalue weighted by molar-refractivity contribution is 0.0988. The van der Waals surface area contributed by atoms with E-state index in [1.54, 1.807) is 26.0 Å². The van der Waals surface area contributed by atoms with Gasteiger partial charge >= 0.3 is 0 Å². The number of carbonyl (C=O) groups is 1. The zero-order valence-corrected chi connectivity index (χ0v) is 12.9. The van der Waals surface area contributed by atoms with Crippen molar-refractivity contribution in [1.82, 2.24) is 4.31 Å². The topological polar surface area (TPSA) is 74.7 Å². The predicted octanol–water partition coefficient (Wildman–Crippen LogP) is 1.67. The van der Waals surface area contributed by atoms with Gasteiger partial charge in [-0.25, -0.2) is 12.7 Å². The van der Waals surface area contributed by atoms with Gasteiger partial charge in [-0.1, -0.05) is 19.1 Å². The van der Waals surface area contributed by atoms with Crippen LogP contribution in [0.4, 0.5) is 0 Å². The molecule has 0 bridgehead atoms. The number of rotatable bonds is 7. The van der Waals surface area contributed by atoms with E-state index in [-0.39, 0.29) is 17.2 Å². The van der Waals surface area contributed by atoms with E-state index in [0.29, 0.717) is 18.4 Å². The van der Waals surface area contributed by atoms with Gasteiger partial charge in [0.05, 0.1) is 11.0 Å². The van der Waals surface area contributed by atoms with Crippen molar-refractivity contribution in [3.8, 4) is 0 Å². The number of hydrogen-bond acceptors (Lipinski definition) is 4. The number of hydrogen-bond donors (Lipinski definition) is 1. The fourth-order valence-electron chi connectivity index (χ4n) is 1.70. The number of carbonyl (C=O) groups excluding carboxylic acids is 1. The standard InChI is InChI=1S/C14H21NO4S/c1-4-14(17)12-6-5-7-13(10-12)20(18,19)15(3)9-8-11(2)16/h5-7,10-11,16H,4,8-9H2,1-3H3. The SMILES string of the molecule is CCC(=O)c1cccc(S(=O)(=O)N(C)CCC(C)O)c1. The summed E-state index contributed by atoms with van der Waals surface area (Å²) in [5.74, 6) is -0.0892. The van der Waals surface area contributed by atoms with Crippen LogP contribution in [0, 0.1) is 0 Å². The molecule has 0 saturated heterocycles. The third kappa shape index (κ3) is 4.13. The smallest absolute Gasteiger partial charge is 0.242 e. The molecule has 0 fully saturated rings. The van der Waals surface area contributed by atoms with Crippen LogP contribution in [0.1, 0.15) is 37.0 Å². The molecule has 1 aromatic carbocycles. The highest BCUT2D eigenvalue weighted by Crippen LogP contribution is 2.17. The molecule has 0 amide bonds. The van der Waals surface area contributed by atoms with Gasteiger partial charge in [0.25, 0.3) is 0 Å². The Kier molecular flexibility index (Phi) is 5.86. The molecule has 1 rings (SSSR count). The van der Waals surface area contributed by atoms with Crippen molar-refractivity contribution in [1.29, 1.82) is 0 Å². The van der Waals surface area contributed by atoms with E-state index in [1.165, 1.54) is 23.5 Å². The van der Waals surface area contributed by atoms with Crippen LogP contribution < -0.4 is 0 Å². The van der Waals surface area contributed by atoms with Crippen molar-refractivity contribution in [2.45, 2.75) is 37.7 Å². The first-order valence-electron chi connectivity index (χ1n) is 6.56. The number of ketones is 1. The molecule has 5 nitrogen and oxygen atoms in total. The van der Waals surface area contributed by atoms with Crippen molar-refractivity contribution < 1.29 is 18.3 Å². The quantitative estimate of drug-likeness (QED) is 0.777. The highest BCUT2D eigenvalue weighted by atomic mass is 32.2. The molecule has 1 aromatic rings. The summed E-state index contributed by atoms with van der Waals surface area (Å²) in [6.07, 6.45) is 0.144. The molecule has 0 aliphatic carbocycles. The molecule has 1 atom stereocenters. The fraction of sp³-hybridized carbons (Fsp3) is 0.500. The van der Waals surface area contributed by atoms with Crippen molar-refractivity contribution in [3.05, 3.63) is 29.8 Å². The Morgan fingerprint density at radius 3 is 2.60 bits per heavy atom. The second-order valence-electron chi connectivity index (χ2n) is 4.77. The van der Waals surface area contributed by atoms with Gasteiger partial charge in [-0.05, 0) is 25.5 Å². The minimum Gasteiger partial charge on any atom is -0.393 e. The van der Waals surface area contributed by atoms with E-state index < -0.39 is 16.1 Å². The van der Waals surface area contributed by atoms with E-state index >= 15 is 0 Å². The third-order valence-corrected chi connectivity index (χ3v) is 4.90. The van der Waals surface area contributed by atoms with Crippen LogP contribution in [0.25, 0.3) is 0 Å². The van der Waals surface area contributed by atoms with Crippen LogP contribution in [-0.2, 0) is 10.0 Å². The Hall–Kier alpha value is -1.24. The Bertz CT molecular complexity index is 566. The normalized spacial score (nSPS) is 13.4. The second-order valence-corrected chi connectivity index (χ2v) is 6.81. The largest absolute Gasteiger partial charge is 0.393 e. The van der Waals surface area contributed by atoms with E-state index in [9.17, 15) is 18.3 Å². The number of nitrogens with zero attached hydrogens (tertiary/aromatic N) is 1. The zero-order chi connectivity index (χ0) is 15.3. The van der Waals surface area contributed by atoms with Gasteiger partial charge in [-0.2, -0.15) is 0 Å². The average molecular weight is 299 g/mol. The molecule has 0 aliphatic heterocycles. The average Bonchev–Trinajstić information content (AvgIpc) is 2.43. The Labute approximate surface area is 120 Å². The van der Waals surface area contributed by atoms with E-state index in [1.807, 2.05) is 0 Å². The lowest BCUT2D eigenvalue weighted by Crippen LogP contribution is -2.29. The van der Waals surface area contributed by atoms with Gasteiger partial charge in [-0.15, -0.1) is 0 Å². The van der Waals surface area contributed by atoms with Gasteiger partial charge < -0.3 is 5.11 Å². The van der Waals surface area contributed by atoms with Crippen LogP contribution in [0.15, 0.2) is 29.2 Å². The molecule has 0 spiro atoms. The third-order valence-electron chi connectivity index (χ3n) is 3.05. The molecule has 0 radical (unpaired) electrons. The number of benzene rings is 1. The summed E-state index contributed by atoms with van der Waals surface area (Å²) in [6.45, 7) is 3.57. The lowest BCUT2D eigenvalue weighted by atomic mass is 10.1. The molecule has 0 aliphatic rings. The highest BCUT2D eigenvalue weighted by molar-refractivity contribution is 7.89. The van der Waals surface area contributed by atoms with Crippen LogP contribution >= 0.6 is 0 Å². The molecule has 1 N–H and O–H groups in total. The highest BCUT2D eigenvalue weighted by Gasteiger charge is 2.21. The van der Waals surface area contributed by atoms with Gasteiger partial charge in [-0.3, -0.25) is 4.79 Å². The summed E-state index contributed by atoms with van der Waals surface area (Å²) >= 11 is 0. The molecule has 0 aromatic heterocycles. The van der Waals surface area contributed by atoms with Gasteiger partial charge in [0.1, 0.15) is 0 Å². The van der Waals surface area contributed by atoms with Gasteiger partial charge in [0.15, 0.2) is 5.78 Å². The molecule has 1 unspecified atom stereocenters. The Balaban J connectivity index is 3.00. The minimum atomic E-state index is -3.63. The summed E-state index contributed by atoms with van der Waals surface area (Å²) < 4.78 is 25.9. The lowest BCUT2D eigenvalue weighted by Gasteiger charge is -2.18. The van der Waals surface area contributed by atoms with Crippen molar-refractivity contribution in [3.63, 3.8) is 0 Å². The monoisotopic (exact) mass is 299 g/mol. The fourth-order valence-corrected chi connectivity index (χ4v) is 2.93. The van der Waals surface area contributed by atoms with E-state index in [2.05, 4.69) is 0 Å². The zero-order valence-electron chi connectivity index (χ0n) is 12.0. The molecular weight excluding hydrogens is 278 g/mol. The van der Waals surface area contributed by atoms with Crippen LogP contribution in [-0.4, -0.2) is 43.3 Å². The van der Waals surface area contributed by atoms with Gasteiger partial charge in [0.2, 0.25) is 10.0 Å². The Morgan fingerprint density at radius 1 is 1.40 bits per heavy atom. The number of aliphatic hydroxyl groups is 1. The number of sulfonamides is 1. The van der Waals surface area contributed by atoms with Crippen LogP contribution in [0.2, 0.25) is 0 Å². The number of Topliss-reactive ketones (excluding diaryl/α,β-unsaturated/α-hetero) is 1. The first kappa shape index (κ1) is 16.8. The van der Waals surface area contributed by atoms with Crippen molar-refractivity contribution >= 4 is 15.8 Å². The van der Waals surface area contributed by atoms with Crippen LogP contribution in [0.5, 0.6) is 0 Å². The minimum absolute atomic E-state index is 0.0892. The van der Waals surface area contributed by atoms with Crippen molar-refractivity contribution in [2.75, 3.05) is 13.6 Å². The molecular formula is C14H21NO4S. The predicted molar refractivity (Wildman–Crippen MR) is 77.2 cm³/mol. The summed E-state index contributed by atoms with van der Waals surface area (Å²) in [7, 11) is -2.16. The summed E-state index contributed by atoms with van der Waals surface area (Å²) in [5.41, 5.74) is 0.400. The van der Waals surface area contributed by atoms with Gasteiger partial charge in [0, 0.05) is 25.6 Å². The number of aliphatic hydroxyl groups excluding tert-OH is 1. The van der Waals surface area contributed by atoms with E-state index in [0.717, 1.165) is 0 Å². The molecule has 6 heteroatoms. The second kappa shape index (κ2) is 6.97. The van der Waals surface area contributed by atoms with Crippen molar-refractivity contribution in [2.24, 2.45) is 0 Å². The maximum absolute atomic E-state index is 12.3. The first-order chi connectivity index (χ1) is 9.28. The Morgan fingerprint density at radius 2 is 2.05 bits per heavy atom. The van der Waals surface area contributed by atoms with E-state index in [4.69, 9.17) is 0 Å². The summed E-state index contributed by atoms with van der Waals surface area (Å²) in [4.78, 5) is 11.7. The maximum atomic E-state index is 12.3. The maximum Gasteiger partial charge on any atom is 0.242 e. The molecule has 112 valence electrons. The molecule has 0 saturated carbocycles. The molecule has 0 heterocycles. The summed E-state index contributed by atoms with van der Waals surface area (Å²) in [5, 5.41) is 9.22.